The van der Waals surface area contributed by atoms with Crippen molar-refractivity contribution in [2.24, 2.45) is 11.8 Å². The zero-order chi connectivity index (χ0) is 21.9. The van der Waals surface area contributed by atoms with E-state index in [1.165, 1.54) is 49.4 Å². The van der Waals surface area contributed by atoms with Crippen LogP contribution in [0, 0.1) is 11.8 Å². The fraction of sp³-hybridized carbons (Fsp3) is 0.333. The second-order valence-corrected chi connectivity index (χ2v) is 7.82. The lowest BCUT2D eigenvalue weighted by Gasteiger charge is -2.27. The van der Waals surface area contributed by atoms with Gasteiger partial charge in [-0.25, -0.2) is 0 Å². The molecule has 0 N–H and O–H groups in total. The highest BCUT2D eigenvalue weighted by Crippen LogP contribution is 2.40. The normalized spacial score (nSPS) is 14.9. The second-order valence-electron chi connectivity index (χ2n) is 6.95. The van der Waals surface area contributed by atoms with E-state index in [1.54, 1.807) is 0 Å². The third kappa shape index (κ3) is 5.73. The van der Waals surface area contributed by atoms with Crippen LogP contribution in [0.1, 0.15) is 41.3 Å². The van der Waals surface area contributed by atoms with E-state index in [4.69, 9.17) is 23.2 Å². The van der Waals surface area contributed by atoms with Gasteiger partial charge in [0.2, 0.25) is 0 Å². The van der Waals surface area contributed by atoms with Crippen LogP contribution in [0.25, 0.3) is 0 Å². The summed E-state index contributed by atoms with van der Waals surface area (Å²) in [6, 6.07) is 9.76. The van der Waals surface area contributed by atoms with Crippen molar-refractivity contribution < 1.29 is 27.9 Å². The largest absolute Gasteiger partial charge is 0.550 e. The van der Waals surface area contributed by atoms with E-state index in [-0.39, 0.29) is 22.6 Å². The van der Waals surface area contributed by atoms with Crippen LogP contribution in [0.5, 0.6) is 0 Å². The molecule has 3 nitrogen and oxygen atoms in total. The molecule has 8 heteroatoms. The molecule has 29 heavy (non-hydrogen) atoms. The molecule has 0 aliphatic carbocycles. The van der Waals surface area contributed by atoms with Crippen LogP contribution in [-0.4, -0.2) is 17.9 Å². The van der Waals surface area contributed by atoms with Crippen molar-refractivity contribution >= 4 is 35.0 Å². The Kier molecular flexibility index (Phi) is 7.35. The van der Waals surface area contributed by atoms with E-state index >= 15 is 0 Å². The molecule has 0 heterocycles. The summed E-state index contributed by atoms with van der Waals surface area (Å²) in [5.74, 6) is -6.57. The van der Waals surface area contributed by atoms with Crippen molar-refractivity contribution in [3.8, 4) is 0 Å². The summed E-state index contributed by atoms with van der Waals surface area (Å²) in [5, 5.41) is 11.6. The number of ketones is 1. The predicted octanol–water partition coefficient (Wildman–Crippen LogP) is 5.09. The lowest BCUT2D eigenvalue weighted by atomic mass is 9.79. The van der Waals surface area contributed by atoms with Crippen molar-refractivity contribution in [1.82, 2.24) is 0 Å². The molecule has 0 spiro atoms. The zero-order valence-corrected chi connectivity index (χ0v) is 17.1. The van der Waals surface area contributed by atoms with Gasteiger partial charge in [0.05, 0.1) is 11.8 Å². The number of hydrogen-bond acceptors (Lipinski definition) is 3. The maximum Gasteiger partial charge on any atom is 0.392 e. The molecule has 0 saturated carbocycles. The first-order valence-corrected chi connectivity index (χ1v) is 9.53. The van der Waals surface area contributed by atoms with E-state index in [1.807, 2.05) is 0 Å². The Morgan fingerprint density at radius 2 is 1.55 bits per heavy atom. The second kappa shape index (κ2) is 9.18. The van der Waals surface area contributed by atoms with Crippen molar-refractivity contribution in [3.63, 3.8) is 0 Å². The number of carboxylic acids is 1. The molecule has 3 atom stereocenters. The fourth-order valence-corrected chi connectivity index (χ4v) is 3.36. The quantitative estimate of drug-likeness (QED) is 0.557. The van der Waals surface area contributed by atoms with Crippen LogP contribution in [0.3, 0.4) is 0 Å². The number of halogens is 5. The number of hydrogen-bond donors (Lipinski definition) is 0. The molecule has 0 aromatic heterocycles. The summed E-state index contributed by atoms with van der Waals surface area (Å²) in [5.41, 5.74) is 0.411. The molecular formula is C21H18Cl2F3O3-. The third-order valence-electron chi connectivity index (χ3n) is 4.79. The van der Waals surface area contributed by atoms with Crippen LogP contribution in [0.4, 0.5) is 13.2 Å². The Bertz CT molecular complexity index is 895. The molecular weight excluding hydrogens is 428 g/mol. The molecule has 0 aliphatic rings. The van der Waals surface area contributed by atoms with E-state index < -0.39 is 35.7 Å². The molecule has 2 rings (SSSR count). The number of aliphatic carboxylic acids is 1. The topological polar surface area (TPSA) is 57.2 Å². The minimum absolute atomic E-state index is 0.0401. The van der Waals surface area contributed by atoms with Gasteiger partial charge in [0, 0.05) is 21.6 Å². The summed E-state index contributed by atoms with van der Waals surface area (Å²) in [7, 11) is 0. The van der Waals surface area contributed by atoms with Crippen LogP contribution >= 0.6 is 23.2 Å². The van der Waals surface area contributed by atoms with Gasteiger partial charge in [0.25, 0.3) is 0 Å². The Morgan fingerprint density at radius 1 is 1.00 bits per heavy atom. The SMILES string of the molecule is CC(Cc1ccc(Cl)cc1C(=O)[C@H](c1ccc(Cl)cc1)[C@@H](C)C(F)(F)F)C(=O)[O-]. The van der Waals surface area contributed by atoms with Gasteiger partial charge in [-0.15, -0.1) is 0 Å². The Labute approximate surface area is 176 Å². The van der Waals surface area contributed by atoms with Gasteiger partial charge in [-0.05, 0) is 47.7 Å². The lowest BCUT2D eigenvalue weighted by molar-refractivity contribution is -0.310. The van der Waals surface area contributed by atoms with Gasteiger partial charge in [0.15, 0.2) is 5.78 Å². The maximum atomic E-state index is 13.5. The highest BCUT2D eigenvalue weighted by atomic mass is 35.5. The summed E-state index contributed by atoms with van der Waals surface area (Å²) in [6.07, 6.45) is -4.70. The van der Waals surface area contributed by atoms with Crippen molar-refractivity contribution in [2.45, 2.75) is 32.4 Å². The number of Topliss-reactive ketones (excluding diaryl/α,β-unsaturated/α-hetero) is 1. The molecule has 1 unspecified atom stereocenters. The van der Waals surface area contributed by atoms with Crippen molar-refractivity contribution in [3.05, 3.63) is 69.2 Å². The molecule has 0 saturated heterocycles. The number of carboxylic acid groups (broad SMARTS) is 1. The van der Waals surface area contributed by atoms with Crippen LogP contribution < -0.4 is 5.11 Å². The predicted molar refractivity (Wildman–Crippen MR) is 103 cm³/mol. The summed E-state index contributed by atoms with van der Waals surface area (Å²) < 4.78 is 40.6. The Balaban J connectivity index is 2.57. The third-order valence-corrected chi connectivity index (χ3v) is 5.28. The molecule has 156 valence electrons. The first-order valence-electron chi connectivity index (χ1n) is 8.77. The van der Waals surface area contributed by atoms with Gasteiger partial charge in [0.1, 0.15) is 0 Å². The van der Waals surface area contributed by atoms with E-state index in [0.717, 1.165) is 6.92 Å². The van der Waals surface area contributed by atoms with Crippen LogP contribution in [0.15, 0.2) is 42.5 Å². The van der Waals surface area contributed by atoms with Crippen molar-refractivity contribution in [1.29, 1.82) is 0 Å². The minimum Gasteiger partial charge on any atom is -0.550 e. The average molecular weight is 446 g/mol. The van der Waals surface area contributed by atoms with Crippen LogP contribution in [-0.2, 0) is 11.2 Å². The van der Waals surface area contributed by atoms with Crippen molar-refractivity contribution in [2.75, 3.05) is 0 Å². The zero-order valence-electron chi connectivity index (χ0n) is 15.6. The number of carbonyl (C=O) groups is 2. The Hall–Kier alpha value is -2.05. The van der Waals surface area contributed by atoms with E-state index in [9.17, 15) is 27.9 Å². The van der Waals surface area contributed by atoms with Gasteiger partial charge < -0.3 is 9.90 Å². The molecule has 2 aromatic carbocycles. The molecule has 0 amide bonds. The lowest BCUT2D eigenvalue weighted by Crippen LogP contribution is -2.33. The van der Waals surface area contributed by atoms with Gasteiger partial charge in [-0.2, -0.15) is 13.2 Å². The summed E-state index contributed by atoms with van der Waals surface area (Å²) in [4.78, 5) is 24.4. The molecule has 0 bridgehead atoms. The molecule has 0 fully saturated rings. The van der Waals surface area contributed by atoms with Gasteiger partial charge in [-0.3, -0.25) is 4.79 Å². The van der Waals surface area contributed by atoms with E-state index in [2.05, 4.69) is 0 Å². The maximum absolute atomic E-state index is 13.5. The average Bonchev–Trinajstić information content (AvgIpc) is 2.63. The Morgan fingerprint density at radius 3 is 2.07 bits per heavy atom. The van der Waals surface area contributed by atoms with E-state index in [0.29, 0.717) is 10.6 Å². The van der Waals surface area contributed by atoms with Crippen LogP contribution in [0.2, 0.25) is 10.0 Å². The first-order chi connectivity index (χ1) is 13.4. The van der Waals surface area contributed by atoms with Gasteiger partial charge >= 0.3 is 6.18 Å². The monoisotopic (exact) mass is 445 g/mol. The number of benzene rings is 2. The molecule has 2 aromatic rings. The highest BCUT2D eigenvalue weighted by Gasteiger charge is 2.45. The fourth-order valence-electron chi connectivity index (χ4n) is 3.06. The molecule has 0 aliphatic heterocycles. The first kappa shape index (κ1) is 23.2. The smallest absolute Gasteiger partial charge is 0.392 e. The highest BCUT2D eigenvalue weighted by molar-refractivity contribution is 6.31. The standard InChI is InChI=1S/C21H19Cl2F3O3/c1-11(20(28)29)9-14-5-8-16(23)10-17(14)19(27)18(12(2)21(24,25)26)13-3-6-15(22)7-4-13/h3-8,10-12,18H,9H2,1-2H3,(H,28,29)/p-1/t11?,12-,18+/m1/s1. The number of alkyl halides is 3. The summed E-state index contributed by atoms with van der Waals surface area (Å²) in [6.45, 7) is 2.33. The summed E-state index contributed by atoms with van der Waals surface area (Å²) >= 11 is 11.8. The van der Waals surface area contributed by atoms with Gasteiger partial charge in [-0.1, -0.05) is 55.2 Å². The number of carbonyl (C=O) groups excluding carboxylic acids is 2. The molecule has 0 radical (unpaired) electrons. The minimum atomic E-state index is -4.63. The number of rotatable bonds is 7.